The molecule has 0 aliphatic carbocycles. The summed E-state index contributed by atoms with van der Waals surface area (Å²) < 4.78 is 28.5. The predicted octanol–water partition coefficient (Wildman–Crippen LogP) is 1.78. The van der Waals surface area contributed by atoms with Gasteiger partial charge in [-0.15, -0.1) is 5.10 Å². The zero-order valence-corrected chi connectivity index (χ0v) is 9.73. The quantitative estimate of drug-likeness (QED) is 0.656. The van der Waals surface area contributed by atoms with Gasteiger partial charge in [0.2, 0.25) is 0 Å². The van der Waals surface area contributed by atoms with E-state index in [9.17, 15) is 8.42 Å². The van der Waals surface area contributed by atoms with Crippen LogP contribution in [0.5, 0.6) is 0 Å². The summed E-state index contributed by atoms with van der Waals surface area (Å²) in [5.74, 6) is 0. The molecule has 2 aromatic carbocycles. The molecule has 0 amide bonds. The highest BCUT2D eigenvalue weighted by atomic mass is 32.2. The van der Waals surface area contributed by atoms with Crippen LogP contribution >= 0.6 is 0 Å². The van der Waals surface area contributed by atoms with Crippen LogP contribution in [0.4, 0.5) is 0 Å². The summed E-state index contributed by atoms with van der Waals surface area (Å²) in [6.45, 7) is 0. The van der Waals surface area contributed by atoms with E-state index in [0.29, 0.717) is 21.9 Å². The molecular formula is C11H8N2O3S. The van der Waals surface area contributed by atoms with Crippen molar-refractivity contribution in [2.24, 2.45) is 0 Å². The SMILES string of the molecule is CS(=O)(=O)c1cc2nnoc2c2ccccc12. The Morgan fingerprint density at radius 2 is 1.88 bits per heavy atom. The molecule has 0 spiro atoms. The second-order valence-corrected chi connectivity index (χ2v) is 5.80. The Hall–Kier alpha value is -1.95. The van der Waals surface area contributed by atoms with E-state index in [1.807, 2.05) is 6.07 Å². The molecule has 3 aromatic rings. The molecule has 0 aliphatic heterocycles. The first kappa shape index (κ1) is 10.2. The summed E-state index contributed by atoms with van der Waals surface area (Å²) in [6, 6.07) is 8.62. The van der Waals surface area contributed by atoms with Crippen LogP contribution in [0.15, 0.2) is 39.8 Å². The Morgan fingerprint density at radius 3 is 2.59 bits per heavy atom. The first-order valence-electron chi connectivity index (χ1n) is 4.91. The monoisotopic (exact) mass is 248 g/mol. The zero-order valence-electron chi connectivity index (χ0n) is 8.91. The van der Waals surface area contributed by atoms with Gasteiger partial charge in [-0.05, 0) is 6.07 Å². The largest absolute Gasteiger partial charge is 0.336 e. The minimum Gasteiger partial charge on any atom is -0.336 e. The molecule has 0 saturated heterocycles. The van der Waals surface area contributed by atoms with Crippen LogP contribution < -0.4 is 0 Å². The van der Waals surface area contributed by atoms with Crippen LogP contribution in [0.3, 0.4) is 0 Å². The molecule has 0 saturated carbocycles. The number of nitrogens with zero attached hydrogens (tertiary/aromatic N) is 2. The molecule has 17 heavy (non-hydrogen) atoms. The molecule has 86 valence electrons. The van der Waals surface area contributed by atoms with Crippen molar-refractivity contribution in [1.29, 1.82) is 0 Å². The number of rotatable bonds is 1. The average molecular weight is 248 g/mol. The second-order valence-electron chi connectivity index (χ2n) is 3.81. The van der Waals surface area contributed by atoms with Gasteiger partial charge in [0.15, 0.2) is 15.4 Å². The summed E-state index contributed by atoms with van der Waals surface area (Å²) in [5, 5.41) is 8.55. The molecule has 0 radical (unpaired) electrons. The van der Waals surface area contributed by atoms with Gasteiger partial charge in [-0.2, -0.15) is 0 Å². The second kappa shape index (κ2) is 3.27. The van der Waals surface area contributed by atoms with Gasteiger partial charge in [0.25, 0.3) is 0 Å². The van der Waals surface area contributed by atoms with Gasteiger partial charge in [0, 0.05) is 22.3 Å². The Balaban J connectivity index is 2.64. The lowest BCUT2D eigenvalue weighted by Crippen LogP contribution is -1.98. The highest BCUT2D eigenvalue weighted by Gasteiger charge is 2.16. The lowest BCUT2D eigenvalue weighted by molar-refractivity contribution is 0.426. The van der Waals surface area contributed by atoms with Gasteiger partial charge < -0.3 is 4.52 Å². The molecule has 0 fully saturated rings. The highest BCUT2D eigenvalue weighted by molar-refractivity contribution is 7.91. The molecule has 0 N–H and O–H groups in total. The van der Waals surface area contributed by atoms with E-state index in [2.05, 4.69) is 10.4 Å². The Kier molecular flexibility index (Phi) is 1.97. The molecule has 5 nitrogen and oxygen atoms in total. The third-order valence-electron chi connectivity index (χ3n) is 2.62. The van der Waals surface area contributed by atoms with Crippen LogP contribution in [-0.2, 0) is 9.84 Å². The average Bonchev–Trinajstić information content (AvgIpc) is 2.74. The van der Waals surface area contributed by atoms with Crippen molar-refractivity contribution in [1.82, 2.24) is 10.4 Å². The number of fused-ring (bicyclic) bond motifs is 3. The van der Waals surface area contributed by atoms with Gasteiger partial charge in [0.05, 0.1) is 4.90 Å². The third kappa shape index (κ3) is 1.49. The normalized spacial score (nSPS) is 12.3. The first-order valence-corrected chi connectivity index (χ1v) is 6.80. The fourth-order valence-electron chi connectivity index (χ4n) is 1.88. The van der Waals surface area contributed by atoms with Crippen LogP contribution in [0, 0.1) is 0 Å². The smallest absolute Gasteiger partial charge is 0.195 e. The maximum absolute atomic E-state index is 11.7. The standard InChI is InChI=1S/C11H8N2O3S/c1-17(14,15)10-6-9-11(16-13-12-9)8-5-3-2-4-7(8)10/h2-6H,1H3. The van der Waals surface area contributed by atoms with E-state index < -0.39 is 9.84 Å². The molecule has 0 unspecified atom stereocenters. The van der Waals surface area contributed by atoms with Gasteiger partial charge >= 0.3 is 0 Å². The number of sulfone groups is 1. The van der Waals surface area contributed by atoms with Crippen molar-refractivity contribution in [2.45, 2.75) is 4.90 Å². The molecule has 0 bridgehead atoms. The van der Waals surface area contributed by atoms with Crippen LogP contribution in [-0.4, -0.2) is 25.0 Å². The fourth-order valence-corrected chi connectivity index (χ4v) is 2.79. The van der Waals surface area contributed by atoms with Crippen LogP contribution in [0.2, 0.25) is 0 Å². The summed E-state index contributed by atoms with van der Waals surface area (Å²) in [6.07, 6.45) is 1.17. The number of aromatic nitrogens is 2. The van der Waals surface area contributed by atoms with Gasteiger partial charge in [0.1, 0.15) is 5.52 Å². The fraction of sp³-hybridized carbons (Fsp3) is 0.0909. The lowest BCUT2D eigenvalue weighted by Gasteiger charge is -2.03. The summed E-state index contributed by atoms with van der Waals surface area (Å²) in [5.41, 5.74) is 0.956. The topological polar surface area (TPSA) is 73.1 Å². The molecule has 1 heterocycles. The van der Waals surface area contributed by atoms with E-state index in [1.54, 1.807) is 18.2 Å². The highest BCUT2D eigenvalue weighted by Crippen LogP contribution is 2.29. The minimum absolute atomic E-state index is 0.247. The van der Waals surface area contributed by atoms with Crippen molar-refractivity contribution in [3.63, 3.8) is 0 Å². The van der Waals surface area contributed by atoms with Crippen molar-refractivity contribution in [2.75, 3.05) is 6.26 Å². The zero-order chi connectivity index (χ0) is 12.0. The summed E-state index contributed by atoms with van der Waals surface area (Å²) in [4.78, 5) is 0.247. The first-order chi connectivity index (χ1) is 8.07. The van der Waals surface area contributed by atoms with Crippen LogP contribution in [0.25, 0.3) is 21.9 Å². The predicted molar refractivity (Wildman–Crippen MR) is 62.4 cm³/mol. The molecule has 1 aromatic heterocycles. The number of hydrogen-bond donors (Lipinski definition) is 0. The molecule has 3 rings (SSSR count). The van der Waals surface area contributed by atoms with E-state index in [-0.39, 0.29) is 4.90 Å². The number of benzene rings is 2. The van der Waals surface area contributed by atoms with Crippen molar-refractivity contribution in [3.8, 4) is 0 Å². The lowest BCUT2D eigenvalue weighted by atomic mass is 10.1. The van der Waals surface area contributed by atoms with Crippen molar-refractivity contribution >= 4 is 31.7 Å². The molecule has 0 atom stereocenters. The van der Waals surface area contributed by atoms with E-state index in [4.69, 9.17) is 4.52 Å². The minimum atomic E-state index is -3.31. The third-order valence-corrected chi connectivity index (χ3v) is 3.75. The van der Waals surface area contributed by atoms with Crippen molar-refractivity contribution in [3.05, 3.63) is 30.3 Å². The maximum atomic E-state index is 11.7. The van der Waals surface area contributed by atoms with E-state index in [1.165, 1.54) is 12.3 Å². The molecular weight excluding hydrogens is 240 g/mol. The van der Waals surface area contributed by atoms with Gasteiger partial charge in [-0.1, -0.05) is 24.3 Å². The Labute approximate surface area is 96.9 Å². The van der Waals surface area contributed by atoms with Crippen molar-refractivity contribution < 1.29 is 12.9 Å². The van der Waals surface area contributed by atoms with Gasteiger partial charge in [-0.25, -0.2) is 8.42 Å². The molecule has 0 aliphatic rings. The Morgan fingerprint density at radius 1 is 1.18 bits per heavy atom. The van der Waals surface area contributed by atoms with Gasteiger partial charge in [-0.3, -0.25) is 0 Å². The maximum Gasteiger partial charge on any atom is 0.195 e. The number of hydrogen-bond acceptors (Lipinski definition) is 5. The summed E-state index contributed by atoms with van der Waals surface area (Å²) >= 11 is 0. The molecule has 6 heteroatoms. The Bertz CT molecular complexity index is 821. The summed E-state index contributed by atoms with van der Waals surface area (Å²) in [7, 11) is -3.31. The van der Waals surface area contributed by atoms with E-state index >= 15 is 0 Å². The van der Waals surface area contributed by atoms with Crippen LogP contribution in [0.1, 0.15) is 0 Å². The van der Waals surface area contributed by atoms with E-state index in [0.717, 1.165) is 0 Å².